The van der Waals surface area contributed by atoms with Gasteiger partial charge in [0.15, 0.2) is 0 Å². The Morgan fingerprint density at radius 1 is 1.50 bits per heavy atom. The van der Waals surface area contributed by atoms with Crippen LogP contribution in [0.15, 0.2) is 0 Å². The monoisotopic (exact) mass is 232 g/mol. The lowest BCUT2D eigenvalue weighted by Gasteiger charge is -2.31. The fourth-order valence-corrected chi connectivity index (χ4v) is 1.29. The molecule has 5 heteroatoms. The fraction of sp³-hybridized carbons (Fsp3) is 0.909. The standard InChI is InChI=1S/C11H24N2O3/c1-9(5-8-14)13(7-6-12)10(15)16-11(2,3)4/h9,14H,5-8,12H2,1-4H3. The van der Waals surface area contributed by atoms with Crippen molar-refractivity contribution >= 4 is 6.09 Å². The van der Waals surface area contributed by atoms with E-state index in [1.54, 1.807) is 4.90 Å². The molecule has 0 saturated carbocycles. The van der Waals surface area contributed by atoms with Crippen LogP contribution in [-0.4, -0.2) is 47.4 Å². The van der Waals surface area contributed by atoms with Gasteiger partial charge in [0, 0.05) is 25.7 Å². The van der Waals surface area contributed by atoms with Crippen molar-refractivity contribution in [2.75, 3.05) is 19.7 Å². The minimum absolute atomic E-state index is 0.0467. The third kappa shape index (κ3) is 5.92. The first kappa shape index (κ1) is 15.2. The highest BCUT2D eigenvalue weighted by molar-refractivity contribution is 5.68. The molecule has 0 aromatic rings. The highest BCUT2D eigenvalue weighted by Crippen LogP contribution is 2.12. The largest absolute Gasteiger partial charge is 0.444 e. The van der Waals surface area contributed by atoms with E-state index in [1.807, 2.05) is 27.7 Å². The minimum atomic E-state index is -0.511. The van der Waals surface area contributed by atoms with Gasteiger partial charge in [-0.1, -0.05) is 0 Å². The van der Waals surface area contributed by atoms with Crippen molar-refractivity contribution in [1.29, 1.82) is 0 Å². The van der Waals surface area contributed by atoms with Crippen LogP contribution in [0.1, 0.15) is 34.1 Å². The van der Waals surface area contributed by atoms with Crippen molar-refractivity contribution in [2.45, 2.75) is 45.8 Å². The van der Waals surface area contributed by atoms with Gasteiger partial charge in [-0.15, -0.1) is 0 Å². The number of rotatable bonds is 5. The van der Waals surface area contributed by atoms with Gasteiger partial charge in [0.05, 0.1) is 0 Å². The van der Waals surface area contributed by atoms with Crippen LogP contribution in [-0.2, 0) is 4.74 Å². The number of nitrogens with two attached hydrogens (primary N) is 1. The van der Waals surface area contributed by atoms with Crippen LogP contribution < -0.4 is 5.73 Å². The van der Waals surface area contributed by atoms with E-state index in [0.717, 1.165) is 0 Å². The zero-order chi connectivity index (χ0) is 12.8. The van der Waals surface area contributed by atoms with Crippen LogP contribution in [0.3, 0.4) is 0 Å². The summed E-state index contributed by atoms with van der Waals surface area (Å²) in [6, 6.07) is -0.0663. The molecule has 0 heterocycles. The summed E-state index contributed by atoms with van der Waals surface area (Å²) in [7, 11) is 0. The molecule has 0 aliphatic carbocycles. The summed E-state index contributed by atoms with van der Waals surface area (Å²) < 4.78 is 5.27. The molecule has 1 amide bonds. The number of hydrogen-bond acceptors (Lipinski definition) is 4. The van der Waals surface area contributed by atoms with E-state index in [1.165, 1.54) is 0 Å². The lowest BCUT2D eigenvalue weighted by molar-refractivity contribution is 0.0162. The van der Waals surface area contributed by atoms with Gasteiger partial charge in [-0.05, 0) is 34.1 Å². The lowest BCUT2D eigenvalue weighted by Crippen LogP contribution is -2.44. The molecule has 1 atom stereocenters. The summed E-state index contributed by atoms with van der Waals surface area (Å²) in [5, 5.41) is 8.86. The van der Waals surface area contributed by atoms with Crippen molar-refractivity contribution in [1.82, 2.24) is 4.90 Å². The Morgan fingerprint density at radius 3 is 2.44 bits per heavy atom. The molecule has 1 unspecified atom stereocenters. The molecule has 3 N–H and O–H groups in total. The molecule has 0 rings (SSSR count). The maximum absolute atomic E-state index is 11.8. The fourth-order valence-electron chi connectivity index (χ4n) is 1.29. The highest BCUT2D eigenvalue weighted by Gasteiger charge is 2.24. The first-order valence-corrected chi connectivity index (χ1v) is 5.62. The van der Waals surface area contributed by atoms with Crippen LogP contribution in [0.25, 0.3) is 0 Å². The Bertz CT molecular complexity index is 214. The lowest BCUT2D eigenvalue weighted by atomic mass is 10.2. The van der Waals surface area contributed by atoms with E-state index < -0.39 is 5.60 Å². The van der Waals surface area contributed by atoms with Crippen LogP contribution in [0.5, 0.6) is 0 Å². The van der Waals surface area contributed by atoms with Gasteiger partial charge in [-0.3, -0.25) is 0 Å². The molecule has 96 valence electrons. The minimum Gasteiger partial charge on any atom is -0.444 e. The second kappa shape index (κ2) is 6.70. The normalized spacial score (nSPS) is 13.4. The van der Waals surface area contributed by atoms with Gasteiger partial charge >= 0.3 is 6.09 Å². The van der Waals surface area contributed by atoms with Crippen LogP contribution in [0.2, 0.25) is 0 Å². The number of aliphatic hydroxyl groups is 1. The Hall–Kier alpha value is -0.810. The Kier molecular flexibility index (Phi) is 6.36. The maximum Gasteiger partial charge on any atom is 0.410 e. The van der Waals surface area contributed by atoms with Crippen molar-refractivity contribution in [3.63, 3.8) is 0 Å². The zero-order valence-electron chi connectivity index (χ0n) is 10.7. The summed E-state index contributed by atoms with van der Waals surface area (Å²) in [4.78, 5) is 13.4. The van der Waals surface area contributed by atoms with Gasteiger partial charge in [0.25, 0.3) is 0 Å². The molecule has 0 aliphatic heterocycles. The predicted octanol–water partition coefficient (Wildman–Crippen LogP) is 0.953. The van der Waals surface area contributed by atoms with Crippen molar-refractivity contribution in [3.05, 3.63) is 0 Å². The molecule has 0 spiro atoms. The molecule has 0 saturated heterocycles. The molecule has 16 heavy (non-hydrogen) atoms. The summed E-state index contributed by atoms with van der Waals surface area (Å²) in [6.07, 6.45) is 0.151. The van der Waals surface area contributed by atoms with Crippen LogP contribution in [0.4, 0.5) is 4.79 Å². The first-order chi connectivity index (χ1) is 7.31. The second-order valence-corrected chi connectivity index (χ2v) is 4.82. The maximum atomic E-state index is 11.8. The van der Waals surface area contributed by atoms with Gasteiger partial charge in [0.2, 0.25) is 0 Å². The van der Waals surface area contributed by atoms with Crippen LogP contribution >= 0.6 is 0 Å². The Balaban J connectivity index is 4.45. The SMILES string of the molecule is CC(CCO)N(CCN)C(=O)OC(C)(C)C. The predicted molar refractivity (Wildman–Crippen MR) is 63.2 cm³/mol. The molecule has 0 aliphatic rings. The zero-order valence-corrected chi connectivity index (χ0v) is 10.7. The average molecular weight is 232 g/mol. The van der Waals surface area contributed by atoms with E-state index >= 15 is 0 Å². The molecular formula is C11H24N2O3. The van der Waals surface area contributed by atoms with E-state index in [-0.39, 0.29) is 18.7 Å². The summed E-state index contributed by atoms with van der Waals surface area (Å²) in [5.41, 5.74) is 4.94. The first-order valence-electron chi connectivity index (χ1n) is 5.62. The topological polar surface area (TPSA) is 75.8 Å². The van der Waals surface area contributed by atoms with E-state index in [4.69, 9.17) is 15.6 Å². The Morgan fingerprint density at radius 2 is 2.06 bits per heavy atom. The molecule has 0 bridgehead atoms. The highest BCUT2D eigenvalue weighted by atomic mass is 16.6. The number of nitrogens with zero attached hydrogens (tertiary/aromatic N) is 1. The molecule has 0 fully saturated rings. The third-order valence-corrected chi connectivity index (χ3v) is 2.08. The summed E-state index contributed by atoms with van der Waals surface area (Å²) in [5.74, 6) is 0. The number of carbonyl (C=O) groups is 1. The Labute approximate surface area is 97.6 Å². The number of amides is 1. The van der Waals surface area contributed by atoms with Gasteiger partial charge in [-0.25, -0.2) is 4.79 Å². The number of carbonyl (C=O) groups excluding carboxylic acids is 1. The van der Waals surface area contributed by atoms with Gasteiger partial charge in [-0.2, -0.15) is 0 Å². The molecule has 5 nitrogen and oxygen atoms in total. The summed E-state index contributed by atoms with van der Waals surface area (Å²) in [6.45, 7) is 8.21. The van der Waals surface area contributed by atoms with Gasteiger partial charge in [0.1, 0.15) is 5.60 Å². The second-order valence-electron chi connectivity index (χ2n) is 4.82. The average Bonchev–Trinajstić information content (AvgIpc) is 2.11. The van der Waals surface area contributed by atoms with Crippen molar-refractivity contribution < 1.29 is 14.6 Å². The molecule has 0 aromatic heterocycles. The smallest absolute Gasteiger partial charge is 0.410 e. The number of hydrogen-bond donors (Lipinski definition) is 2. The van der Waals surface area contributed by atoms with Crippen LogP contribution in [0, 0.1) is 0 Å². The quantitative estimate of drug-likeness (QED) is 0.740. The van der Waals surface area contributed by atoms with E-state index in [2.05, 4.69) is 0 Å². The molecular weight excluding hydrogens is 208 g/mol. The number of aliphatic hydroxyl groups excluding tert-OH is 1. The molecule has 0 radical (unpaired) electrons. The van der Waals surface area contributed by atoms with E-state index in [0.29, 0.717) is 19.5 Å². The number of ether oxygens (including phenoxy) is 1. The van der Waals surface area contributed by atoms with Crippen molar-refractivity contribution in [2.24, 2.45) is 5.73 Å². The van der Waals surface area contributed by atoms with Crippen molar-refractivity contribution in [3.8, 4) is 0 Å². The summed E-state index contributed by atoms with van der Waals surface area (Å²) >= 11 is 0. The van der Waals surface area contributed by atoms with Gasteiger partial charge < -0.3 is 20.5 Å². The molecule has 0 aromatic carbocycles. The van der Waals surface area contributed by atoms with E-state index in [9.17, 15) is 4.79 Å². The third-order valence-electron chi connectivity index (χ3n) is 2.08.